The lowest BCUT2D eigenvalue weighted by atomic mass is 9.93. The maximum atomic E-state index is 12.0. The van der Waals surface area contributed by atoms with Crippen molar-refractivity contribution in [3.63, 3.8) is 0 Å². The number of nitrogens with two attached hydrogens (primary N) is 1. The largest absolute Gasteiger partial charge is 0.444 e. The second kappa shape index (κ2) is 4.52. The van der Waals surface area contributed by atoms with Gasteiger partial charge in [-0.2, -0.15) is 5.10 Å². The van der Waals surface area contributed by atoms with Gasteiger partial charge in [0.2, 0.25) is 0 Å². The van der Waals surface area contributed by atoms with Crippen LogP contribution in [0.1, 0.15) is 32.8 Å². The molecule has 1 aromatic heterocycles. The molecule has 0 saturated carbocycles. The number of carbonyl (C=O) groups excluding carboxylic acids is 1. The molecule has 2 rings (SSSR count). The highest BCUT2D eigenvalue weighted by atomic mass is 16.6. The molecule has 0 spiro atoms. The van der Waals surface area contributed by atoms with Gasteiger partial charge >= 0.3 is 6.09 Å². The van der Waals surface area contributed by atoms with Crippen LogP contribution in [0.3, 0.4) is 0 Å². The van der Waals surface area contributed by atoms with Crippen LogP contribution in [0.2, 0.25) is 0 Å². The van der Waals surface area contributed by atoms with Gasteiger partial charge in [-0.1, -0.05) is 0 Å². The van der Waals surface area contributed by atoms with Crippen LogP contribution in [0.4, 0.5) is 4.79 Å². The van der Waals surface area contributed by atoms with E-state index in [9.17, 15) is 4.79 Å². The Morgan fingerprint density at radius 2 is 2.21 bits per heavy atom. The van der Waals surface area contributed by atoms with E-state index in [1.165, 1.54) is 0 Å². The summed E-state index contributed by atoms with van der Waals surface area (Å²) in [5.41, 5.74) is 6.34. The molecule has 1 aromatic rings. The number of aryl methyl sites for hydroxylation is 1. The molecule has 0 bridgehead atoms. The summed E-state index contributed by atoms with van der Waals surface area (Å²) in [5.74, 6) is 0. The van der Waals surface area contributed by atoms with Gasteiger partial charge < -0.3 is 15.4 Å². The van der Waals surface area contributed by atoms with E-state index >= 15 is 0 Å². The number of amides is 1. The fraction of sp³-hybridized carbons (Fsp3) is 0.692. The minimum absolute atomic E-state index is 0.302. The summed E-state index contributed by atoms with van der Waals surface area (Å²) in [7, 11) is 1.85. The van der Waals surface area contributed by atoms with Crippen LogP contribution in [0.25, 0.3) is 0 Å². The Hall–Kier alpha value is -1.56. The third-order valence-electron chi connectivity index (χ3n) is 3.23. The predicted molar refractivity (Wildman–Crippen MR) is 71.5 cm³/mol. The van der Waals surface area contributed by atoms with Crippen LogP contribution in [-0.4, -0.2) is 39.5 Å². The molecule has 0 aromatic carbocycles. The van der Waals surface area contributed by atoms with Gasteiger partial charge in [0.1, 0.15) is 5.60 Å². The van der Waals surface area contributed by atoms with Crippen LogP contribution >= 0.6 is 0 Å². The van der Waals surface area contributed by atoms with Crippen LogP contribution in [0, 0.1) is 0 Å². The zero-order valence-corrected chi connectivity index (χ0v) is 12.0. The van der Waals surface area contributed by atoms with Crippen molar-refractivity contribution in [1.82, 2.24) is 14.7 Å². The predicted octanol–water partition coefficient (Wildman–Crippen LogP) is 1.21. The highest BCUT2D eigenvalue weighted by Crippen LogP contribution is 2.29. The smallest absolute Gasteiger partial charge is 0.410 e. The first kappa shape index (κ1) is 13.9. The van der Waals surface area contributed by atoms with Crippen molar-refractivity contribution in [2.24, 2.45) is 12.8 Å². The number of likely N-dealkylation sites (tertiary alicyclic amines) is 1. The number of rotatable bonds is 1. The second-order valence-corrected chi connectivity index (χ2v) is 6.21. The number of ether oxygens (including phenoxy) is 1. The Balaban J connectivity index is 2.05. The third-order valence-corrected chi connectivity index (χ3v) is 3.23. The van der Waals surface area contributed by atoms with Crippen molar-refractivity contribution in [1.29, 1.82) is 0 Å². The first-order valence-electron chi connectivity index (χ1n) is 6.46. The van der Waals surface area contributed by atoms with Crippen LogP contribution in [0.5, 0.6) is 0 Å². The molecule has 1 fully saturated rings. The topological polar surface area (TPSA) is 73.4 Å². The molecule has 6 heteroatoms. The van der Waals surface area contributed by atoms with Gasteiger partial charge in [0, 0.05) is 31.9 Å². The molecular formula is C13H22N4O2. The first-order valence-corrected chi connectivity index (χ1v) is 6.46. The molecular weight excluding hydrogens is 244 g/mol. The normalized spacial score (nSPS) is 23.7. The molecule has 0 radical (unpaired) electrons. The summed E-state index contributed by atoms with van der Waals surface area (Å²) in [6.07, 6.45) is 4.08. The highest BCUT2D eigenvalue weighted by Gasteiger charge is 2.40. The second-order valence-electron chi connectivity index (χ2n) is 6.21. The quantitative estimate of drug-likeness (QED) is 0.829. The van der Waals surface area contributed by atoms with E-state index in [1.54, 1.807) is 15.8 Å². The lowest BCUT2D eigenvalue weighted by molar-refractivity contribution is 0.0284. The third kappa shape index (κ3) is 3.07. The lowest BCUT2D eigenvalue weighted by Gasteiger charge is -2.26. The minimum atomic E-state index is -0.523. The SMILES string of the molecule is Cn1cc(C2(N)CCN(C(=O)OC(C)(C)C)C2)cn1. The van der Waals surface area contributed by atoms with Gasteiger partial charge in [-0.05, 0) is 27.2 Å². The Labute approximate surface area is 113 Å². The zero-order valence-electron chi connectivity index (χ0n) is 12.0. The summed E-state index contributed by atoms with van der Waals surface area (Å²) in [6.45, 7) is 6.65. The first-order chi connectivity index (χ1) is 8.70. The number of hydrogen-bond acceptors (Lipinski definition) is 4. The van der Waals surface area contributed by atoms with E-state index in [0.717, 1.165) is 12.0 Å². The van der Waals surface area contributed by atoms with E-state index < -0.39 is 11.1 Å². The summed E-state index contributed by atoms with van der Waals surface area (Å²) >= 11 is 0. The molecule has 1 unspecified atom stereocenters. The Morgan fingerprint density at radius 1 is 1.53 bits per heavy atom. The Bertz CT molecular complexity index is 477. The fourth-order valence-corrected chi connectivity index (χ4v) is 2.23. The van der Waals surface area contributed by atoms with Crippen molar-refractivity contribution in [3.05, 3.63) is 18.0 Å². The van der Waals surface area contributed by atoms with Crippen molar-refractivity contribution < 1.29 is 9.53 Å². The van der Waals surface area contributed by atoms with Crippen molar-refractivity contribution >= 4 is 6.09 Å². The summed E-state index contributed by atoms with van der Waals surface area (Å²) in [5, 5.41) is 4.14. The minimum Gasteiger partial charge on any atom is -0.444 e. The van der Waals surface area contributed by atoms with Crippen molar-refractivity contribution in [2.45, 2.75) is 38.3 Å². The maximum absolute atomic E-state index is 12.0. The summed E-state index contributed by atoms with van der Waals surface area (Å²) in [6, 6.07) is 0. The molecule has 0 aliphatic carbocycles. The standard InChI is InChI=1S/C13H22N4O2/c1-12(2,3)19-11(18)17-6-5-13(14,9-17)10-7-15-16(4)8-10/h7-8H,5-6,9,14H2,1-4H3. The number of nitrogens with zero attached hydrogens (tertiary/aromatic N) is 3. The van der Waals surface area contributed by atoms with Gasteiger partial charge in [-0.25, -0.2) is 4.79 Å². The molecule has 2 N–H and O–H groups in total. The van der Waals surface area contributed by atoms with Gasteiger partial charge in [-0.3, -0.25) is 4.68 Å². The zero-order chi connectivity index (χ0) is 14.3. The molecule has 1 aliphatic heterocycles. The van der Waals surface area contributed by atoms with E-state index in [2.05, 4.69) is 5.10 Å². The molecule has 6 nitrogen and oxygen atoms in total. The number of carbonyl (C=O) groups is 1. The molecule has 1 aliphatic rings. The summed E-state index contributed by atoms with van der Waals surface area (Å²) < 4.78 is 7.09. The lowest BCUT2D eigenvalue weighted by Crippen LogP contribution is -2.42. The van der Waals surface area contributed by atoms with E-state index in [-0.39, 0.29) is 6.09 Å². The fourth-order valence-electron chi connectivity index (χ4n) is 2.23. The monoisotopic (exact) mass is 266 g/mol. The summed E-state index contributed by atoms with van der Waals surface area (Å²) in [4.78, 5) is 13.7. The van der Waals surface area contributed by atoms with Crippen LogP contribution < -0.4 is 5.73 Å². The van der Waals surface area contributed by atoms with E-state index in [1.807, 2.05) is 34.0 Å². The van der Waals surface area contributed by atoms with Crippen LogP contribution in [-0.2, 0) is 17.3 Å². The van der Waals surface area contributed by atoms with E-state index in [0.29, 0.717) is 13.1 Å². The van der Waals surface area contributed by atoms with Crippen LogP contribution in [0.15, 0.2) is 12.4 Å². The molecule has 1 atom stereocenters. The Kier molecular flexibility index (Phi) is 3.30. The number of aromatic nitrogens is 2. The maximum Gasteiger partial charge on any atom is 0.410 e. The van der Waals surface area contributed by atoms with Crippen molar-refractivity contribution in [2.75, 3.05) is 13.1 Å². The van der Waals surface area contributed by atoms with Crippen molar-refractivity contribution in [3.8, 4) is 0 Å². The van der Waals surface area contributed by atoms with E-state index in [4.69, 9.17) is 10.5 Å². The van der Waals surface area contributed by atoms with Gasteiger partial charge in [0.25, 0.3) is 0 Å². The molecule has 1 saturated heterocycles. The number of hydrogen-bond donors (Lipinski definition) is 1. The van der Waals surface area contributed by atoms with Gasteiger partial charge in [-0.15, -0.1) is 0 Å². The average Bonchev–Trinajstić information content (AvgIpc) is 2.83. The molecule has 106 valence electrons. The molecule has 19 heavy (non-hydrogen) atoms. The van der Waals surface area contributed by atoms with Gasteiger partial charge in [0.05, 0.1) is 11.7 Å². The Morgan fingerprint density at radius 3 is 2.74 bits per heavy atom. The average molecular weight is 266 g/mol. The molecule has 1 amide bonds. The van der Waals surface area contributed by atoms with Gasteiger partial charge in [0.15, 0.2) is 0 Å². The highest BCUT2D eigenvalue weighted by molar-refractivity contribution is 5.68. The molecule has 2 heterocycles.